The molecule has 2 fully saturated rings. The van der Waals surface area contributed by atoms with Crippen LogP contribution in [-0.4, -0.2) is 65.2 Å². The van der Waals surface area contributed by atoms with E-state index in [9.17, 15) is 14.7 Å². The highest BCUT2D eigenvalue weighted by atomic mass is 16.3. The van der Waals surface area contributed by atoms with E-state index in [2.05, 4.69) is 60.8 Å². The number of aryl methyl sites for hydroxylation is 1. The van der Waals surface area contributed by atoms with Gasteiger partial charge < -0.3 is 20.2 Å². The van der Waals surface area contributed by atoms with Gasteiger partial charge in [-0.2, -0.15) is 0 Å². The monoisotopic (exact) mass is 463 g/mol. The lowest BCUT2D eigenvalue weighted by molar-refractivity contribution is -0.149. The van der Waals surface area contributed by atoms with Crippen LogP contribution in [0.5, 0.6) is 0 Å². The molecule has 0 unspecified atom stereocenters. The van der Waals surface area contributed by atoms with Crippen LogP contribution in [-0.2, 0) is 4.79 Å². The van der Waals surface area contributed by atoms with Crippen LogP contribution in [0.25, 0.3) is 11.1 Å². The average molecular weight is 464 g/mol. The van der Waals surface area contributed by atoms with Gasteiger partial charge in [0.15, 0.2) is 0 Å². The second kappa shape index (κ2) is 10.6. The van der Waals surface area contributed by atoms with Gasteiger partial charge in [0, 0.05) is 25.0 Å². The van der Waals surface area contributed by atoms with Crippen LogP contribution < -0.4 is 5.32 Å². The van der Waals surface area contributed by atoms with Crippen molar-refractivity contribution < 1.29 is 14.7 Å². The summed E-state index contributed by atoms with van der Waals surface area (Å²) < 4.78 is 0. The Labute approximate surface area is 203 Å². The summed E-state index contributed by atoms with van der Waals surface area (Å²) in [6, 6.07) is 16.5. The van der Waals surface area contributed by atoms with Gasteiger partial charge in [-0.15, -0.1) is 0 Å². The number of likely N-dealkylation sites (N-methyl/N-ethyl adjacent to an activating group) is 1. The molecule has 1 aliphatic heterocycles. The van der Waals surface area contributed by atoms with E-state index >= 15 is 0 Å². The number of nitrogens with zero attached hydrogens (tertiary/aromatic N) is 2. The maximum Gasteiger partial charge on any atom is 0.317 e. The number of carbonyl (C=O) groups excluding carboxylic acids is 2. The number of nitrogens with one attached hydrogen (secondary N) is 1. The molecular formula is C28H37N3O3. The molecule has 3 amide bonds. The van der Waals surface area contributed by atoms with Gasteiger partial charge in [-0.05, 0) is 43.4 Å². The summed E-state index contributed by atoms with van der Waals surface area (Å²) in [5, 5.41) is 13.1. The van der Waals surface area contributed by atoms with E-state index in [1.807, 2.05) is 6.92 Å². The number of likely N-dealkylation sites (tertiary alicyclic amines) is 1. The number of amides is 3. The molecule has 6 nitrogen and oxygen atoms in total. The van der Waals surface area contributed by atoms with E-state index in [1.54, 1.807) is 11.9 Å². The standard InChI is InChI=1S/C28H37N3O3/c1-19-8-7-9-23(16-19)21-12-14-22(15-13-21)27-20(2)31(25(27)18-32)26(33)17-30(3)28(34)29-24-10-5-4-6-11-24/h7-9,12-16,20,24-25,27,32H,4-6,10-11,17-18H2,1-3H3,(H,29,34)/t20-,25+,27+/m0/s1. The molecule has 1 saturated heterocycles. The molecule has 1 heterocycles. The Balaban J connectivity index is 1.37. The zero-order valence-corrected chi connectivity index (χ0v) is 20.5. The fourth-order valence-electron chi connectivity index (χ4n) is 5.59. The Morgan fingerprint density at radius 2 is 1.76 bits per heavy atom. The Hall–Kier alpha value is -2.86. The van der Waals surface area contributed by atoms with Crippen LogP contribution in [0.4, 0.5) is 4.79 Å². The molecule has 182 valence electrons. The van der Waals surface area contributed by atoms with E-state index in [4.69, 9.17) is 0 Å². The minimum atomic E-state index is -0.276. The molecule has 4 rings (SSSR count). The van der Waals surface area contributed by atoms with Gasteiger partial charge in [0.05, 0.1) is 12.6 Å². The normalized spacial score (nSPS) is 22.7. The first kappa shape index (κ1) is 24.3. The first-order valence-electron chi connectivity index (χ1n) is 12.5. The smallest absolute Gasteiger partial charge is 0.317 e. The van der Waals surface area contributed by atoms with E-state index in [0.29, 0.717) is 0 Å². The minimum Gasteiger partial charge on any atom is -0.394 e. The van der Waals surface area contributed by atoms with Crippen molar-refractivity contribution >= 4 is 11.9 Å². The van der Waals surface area contributed by atoms with Crippen LogP contribution in [0.2, 0.25) is 0 Å². The van der Waals surface area contributed by atoms with Crippen LogP contribution in [0.3, 0.4) is 0 Å². The number of rotatable bonds is 6. The summed E-state index contributed by atoms with van der Waals surface area (Å²) in [5.74, 6) is -0.0534. The summed E-state index contributed by atoms with van der Waals surface area (Å²) in [5.41, 5.74) is 4.67. The fraction of sp³-hybridized carbons (Fsp3) is 0.500. The summed E-state index contributed by atoms with van der Waals surface area (Å²) in [6.45, 7) is 4.02. The third kappa shape index (κ3) is 5.12. The van der Waals surface area contributed by atoms with Gasteiger partial charge in [-0.3, -0.25) is 4.79 Å². The van der Waals surface area contributed by atoms with Gasteiger partial charge in [0.25, 0.3) is 0 Å². The number of hydrogen-bond acceptors (Lipinski definition) is 3. The van der Waals surface area contributed by atoms with Crippen molar-refractivity contribution in [2.45, 2.75) is 70.0 Å². The number of aliphatic hydroxyl groups excluding tert-OH is 1. The lowest BCUT2D eigenvalue weighted by atomic mass is 9.75. The number of carbonyl (C=O) groups is 2. The van der Waals surface area contributed by atoms with Crippen molar-refractivity contribution in [1.29, 1.82) is 0 Å². The van der Waals surface area contributed by atoms with E-state index < -0.39 is 0 Å². The van der Waals surface area contributed by atoms with Crippen molar-refractivity contribution in [1.82, 2.24) is 15.1 Å². The van der Waals surface area contributed by atoms with Gasteiger partial charge in [-0.25, -0.2) is 4.79 Å². The molecule has 1 saturated carbocycles. The molecule has 2 N–H and O–H groups in total. The molecule has 0 spiro atoms. The van der Waals surface area contributed by atoms with E-state index in [-0.39, 0.29) is 49.1 Å². The SMILES string of the molecule is Cc1cccc(-c2ccc([C@@H]3[C@@H](CO)N(C(=O)CN(C)C(=O)NC4CCCCC4)[C@H]3C)cc2)c1. The quantitative estimate of drug-likeness (QED) is 0.670. The Kier molecular flexibility index (Phi) is 7.57. The third-order valence-corrected chi connectivity index (χ3v) is 7.50. The molecule has 3 atom stereocenters. The molecule has 2 aromatic rings. The highest BCUT2D eigenvalue weighted by Gasteiger charge is 2.48. The summed E-state index contributed by atoms with van der Waals surface area (Å²) in [4.78, 5) is 28.8. The Bertz CT molecular complexity index is 1000. The fourth-order valence-corrected chi connectivity index (χ4v) is 5.59. The van der Waals surface area contributed by atoms with Gasteiger partial charge in [0.2, 0.25) is 5.91 Å². The number of benzene rings is 2. The Morgan fingerprint density at radius 3 is 2.41 bits per heavy atom. The van der Waals surface area contributed by atoms with Crippen molar-refractivity contribution in [2.24, 2.45) is 0 Å². The van der Waals surface area contributed by atoms with Crippen LogP contribution in [0.1, 0.15) is 56.1 Å². The molecule has 0 radical (unpaired) electrons. The molecule has 2 aromatic carbocycles. The predicted octanol–water partition coefficient (Wildman–Crippen LogP) is 4.31. The Morgan fingerprint density at radius 1 is 1.06 bits per heavy atom. The summed E-state index contributed by atoms with van der Waals surface area (Å²) in [7, 11) is 1.66. The van der Waals surface area contributed by atoms with Crippen LogP contribution in [0, 0.1) is 6.92 Å². The van der Waals surface area contributed by atoms with E-state index in [1.165, 1.54) is 22.4 Å². The molecule has 34 heavy (non-hydrogen) atoms. The maximum absolute atomic E-state index is 13.1. The van der Waals surface area contributed by atoms with Gasteiger partial charge in [0.1, 0.15) is 6.54 Å². The van der Waals surface area contributed by atoms with E-state index in [0.717, 1.165) is 36.8 Å². The molecule has 1 aliphatic carbocycles. The number of hydrogen-bond donors (Lipinski definition) is 2. The molecule has 0 aromatic heterocycles. The predicted molar refractivity (Wildman–Crippen MR) is 135 cm³/mol. The van der Waals surface area contributed by atoms with Crippen molar-refractivity contribution in [3.05, 3.63) is 59.7 Å². The number of urea groups is 1. The topological polar surface area (TPSA) is 72.9 Å². The highest BCUT2D eigenvalue weighted by Crippen LogP contribution is 2.41. The molecule has 0 bridgehead atoms. The van der Waals surface area contributed by atoms with Gasteiger partial charge in [-0.1, -0.05) is 73.4 Å². The number of aliphatic hydroxyl groups is 1. The second-order valence-corrected chi connectivity index (χ2v) is 9.95. The lowest BCUT2D eigenvalue weighted by Crippen LogP contribution is -2.66. The van der Waals surface area contributed by atoms with Crippen molar-refractivity contribution in [3.63, 3.8) is 0 Å². The first-order chi connectivity index (χ1) is 16.4. The first-order valence-corrected chi connectivity index (χ1v) is 12.5. The van der Waals surface area contributed by atoms with Crippen molar-refractivity contribution in [3.8, 4) is 11.1 Å². The van der Waals surface area contributed by atoms with Crippen LogP contribution in [0.15, 0.2) is 48.5 Å². The largest absolute Gasteiger partial charge is 0.394 e. The molecule has 2 aliphatic rings. The minimum absolute atomic E-state index is 0.0123. The molecular weight excluding hydrogens is 426 g/mol. The van der Waals surface area contributed by atoms with Gasteiger partial charge >= 0.3 is 6.03 Å². The zero-order chi connectivity index (χ0) is 24.2. The third-order valence-electron chi connectivity index (χ3n) is 7.50. The average Bonchev–Trinajstić information content (AvgIpc) is 2.83. The summed E-state index contributed by atoms with van der Waals surface area (Å²) in [6.07, 6.45) is 5.53. The maximum atomic E-state index is 13.1. The highest BCUT2D eigenvalue weighted by molar-refractivity contribution is 5.85. The second-order valence-electron chi connectivity index (χ2n) is 9.95. The molecule has 6 heteroatoms. The van der Waals surface area contributed by atoms with Crippen LogP contribution >= 0.6 is 0 Å². The summed E-state index contributed by atoms with van der Waals surface area (Å²) >= 11 is 0. The van der Waals surface area contributed by atoms with Crippen molar-refractivity contribution in [2.75, 3.05) is 20.2 Å². The lowest BCUT2D eigenvalue weighted by Gasteiger charge is -2.54. The zero-order valence-electron chi connectivity index (χ0n) is 20.5.